The van der Waals surface area contributed by atoms with E-state index in [0.717, 1.165) is 0 Å². The minimum Gasteiger partial charge on any atom is -0.618 e. The third-order valence-electron chi connectivity index (χ3n) is 3.47. The number of benzene rings is 2. The fourth-order valence-corrected chi connectivity index (χ4v) is 2.42. The Bertz CT molecular complexity index is 879. The highest BCUT2D eigenvalue weighted by Crippen LogP contribution is 2.20. The zero-order valence-corrected chi connectivity index (χ0v) is 14.1. The number of nitrogens with zero attached hydrogens (tertiary/aromatic N) is 1. The molecule has 1 N–H and O–H groups in total. The summed E-state index contributed by atoms with van der Waals surface area (Å²) in [6, 6.07) is 17.3. The average Bonchev–Trinajstić information content (AvgIpc) is 2.64. The van der Waals surface area contributed by atoms with Gasteiger partial charge >= 0.3 is 11.7 Å². The van der Waals surface area contributed by atoms with E-state index in [-0.39, 0.29) is 17.4 Å². The Morgan fingerprint density at radius 2 is 1.65 bits per heavy atom. The molecular formula is C19H13ClN2O4. The summed E-state index contributed by atoms with van der Waals surface area (Å²) in [7, 11) is 0. The number of rotatable bonds is 4. The predicted octanol–water partition coefficient (Wildman–Crippen LogP) is 3.44. The van der Waals surface area contributed by atoms with Gasteiger partial charge in [-0.3, -0.25) is 4.79 Å². The van der Waals surface area contributed by atoms with Crippen LogP contribution in [0, 0.1) is 5.21 Å². The van der Waals surface area contributed by atoms with Crippen molar-refractivity contribution in [3.05, 3.63) is 94.4 Å². The summed E-state index contributed by atoms with van der Waals surface area (Å²) in [4.78, 5) is 24.2. The average molecular weight is 369 g/mol. The van der Waals surface area contributed by atoms with Gasteiger partial charge in [-0.05, 0) is 42.5 Å². The Hall–Kier alpha value is -3.38. The molecule has 1 amide bonds. The smallest absolute Gasteiger partial charge is 0.410 e. The number of carbonyl (C=O) groups is 2. The second-order valence-electron chi connectivity index (χ2n) is 5.26. The van der Waals surface area contributed by atoms with E-state index in [2.05, 4.69) is 5.32 Å². The van der Waals surface area contributed by atoms with Crippen LogP contribution in [0.15, 0.2) is 72.9 Å². The molecule has 0 radical (unpaired) electrons. The van der Waals surface area contributed by atoms with E-state index in [9.17, 15) is 14.8 Å². The maximum atomic E-state index is 12.2. The fourth-order valence-electron chi connectivity index (χ4n) is 2.20. The van der Waals surface area contributed by atoms with E-state index in [0.29, 0.717) is 21.0 Å². The zero-order valence-electron chi connectivity index (χ0n) is 13.4. The molecule has 3 rings (SSSR count). The molecule has 1 aromatic heterocycles. The van der Waals surface area contributed by atoms with Crippen LogP contribution >= 0.6 is 11.6 Å². The first-order valence-electron chi connectivity index (χ1n) is 7.61. The standard InChI is InChI=1S/C19H13ClN2O4/c20-16-6-2-1-5-15(16)18(23)21-13-8-10-14(11-9-13)26-19(24)17-7-3-4-12-22(17)25/h1-12H,(H,21,23). The number of ether oxygens (including phenoxy) is 1. The molecule has 3 aromatic rings. The lowest BCUT2D eigenvalue weighted by atomic mass is 10.2. The molecule has 0 unspecified atom stereocenters. The number of halogens is 1. The van der Waals surface area contributed by atoms with Gasteiger partial charge in [0, 0.05) is 17.8 Å². The third kappa shape index (κ3) is 3.99. The summed E-state index contributed by atoms with van der Waals surface area (Å²) in [6.45, 7) is 0. The first-order valence-corrected chi connectivity index (χ1v) is 7.99. The predicted molar refractivity (Wildman–Crippen MR) is 96.2 cm³/mol. The minimum absolute atomic E-state index is 0.122. The monoisotopic (exact) mass is 368 g/mol. The number of carbonyl (C=O) groups excluding carboxylic acids is 2. The lowest BCUT2D eigenvalue weighted by molar-refractivity contribution is -0.608. The van der Waals surface area contributed by atoms with Crippen molar-refractivity contribution in [2.24, 2.45) is 0 Å². The molecule has 0 saturated heterocycles. The summed E-state index contributed by atoms with van der Waals surface area (Å²) in [5.41, 5.74) is 0.741. The number of esters is 1. The Morgan fingerprint density at radius 3 is 2.35 bits per heavy atom. The van der Waals surface area contributed by atoms with Crippen LogP contribution in [0.25, 0.3) is 0 Å². The number of nitrogens with one attached hydrogen (secondary N) is 1. The molecule has 6 nitrogen and oxygen atoms in total. The number of hydrogen-bond acceptors (Lipinski definition) is 4. The van der Waals surface area contributed by atoms with Crippen LogP contribution in [-0.4, -0.2) is 11.9 Å². The highest BCUT2D eigenvalue weighted by molar-refractivity contribution is 6.34. The number of hydrogen-bond donors (Lipinski definition) is 1. The molecule has 2 aromatic carbocycles. The van der Waals surface area contributed by atoms with E-state index in [1.165, 1.54) is 30.5 Å². The number of anilines is 1. The second-order valence-corrected chi connectivity index (χ2v) is 5.67. The summed E-state index contributed by atoms with van der Waals surface area (Å²) in [6.07, 6.45) is 1.21. The van der Waals surface area contributed by atoms with E-state index >= 15 is 0 Å². The van der Waals surface area contributed by atoms with E-state index in [1.54, 1.807) is 42.5 Å². The maximum Gasteiger partial charge on any atom is 0.410 e. The van der Waals surface area contributed by atoms with Crippen LogP contribution in [0.5, 0.6) is 5.75 Å². The van der Waals surface area contributed by atoms with E-state index in [4.69, 9.17) is 16.3 Å². The van der Waals surface area contributed by atoms with E-state index in [1.807, 2.05) is 0 Å². The summed E-state index contributed by atoms with van der Waals surface area (Å²) < 4.78 is 5.58. The maximum absolute atomic E-state index is 12.2. The molecule has 0 atom stereocenters. The summed E-state index contributed by atoms with van der Waals surface area (Å²) in [5, 5.41) is 14.6. The molecule has 130 valence electrons. The molecule has 0 fully saturated rings. The van der Waals surface area contributed by atoms with Gasteiger partial charge in [0.1, 0.15) is 5.75 Å². The van der Waals surface area contributed by atoms with Crippen molar-refractivity contribution in [3.63, 3.8) is 0 Å². The third-order valence-corrected chi connectivity index (χ3v) is 3.80. The van der Waals surface area contributed by atoms with Crippen molar-refractivity contribution in [2.45, 2.75) is 0 Å². The molecular weight excluding hydrogens is 356 g/mol. The Morgan fingerprint density at radius 1 is 0.962 bits per heavy atom. The van der Waals surface area contributed by atoms with Gasteiger partial charge in [0.25, 0.3) is 5.91 Å². The fraction of sp³-hybridized carbons (Fsp3) is 0. The van der Waals surface area contributed by atoms with Gasteiger partial charge < -0.3 is 15.3 Å². The molecule has 0 bridgehead atoms. The highest BCUT2D eigenvalue weighted by atomic mass is 35.5. The molecule has 7 heteroatoms. The zero-order chi connectivity index (χ0) is 18.5. The topological polar surface area (TPSA) is 82.3 Å². The van der Waals surface area contributed by atoms with Gasteiger partial charge in [-0.2, -0.15) is 4.73 Å². The van der Waals surface area contributed by atoms with Crippen molar-refractivity contribution in [1.29, 1.82) is 0 Å². The van der Waals surface area contributed by atoms with Gasteiger partial charge in [0.05, 0.1) is 10.6 Å². The lowest BCUT2D eigenvalue weighted by Crippen LogP contribution is -2.35. The molecule has 0 saturated carbocycles. The van der Waals surface area contributed by atoms with Gasteiger partial charge in [-0.25, -0.2) is 4.79 Å². The molecule has 0 aliphatic heterocycles. The lowest BCUT2D eigenvalue weighted by Gasteiger charge is -2.08. The van der Waals surface area contributed by atoms with Gasteiger partial charge in [0.2, 0.25) is 0 Å². The van der Waals surface area contributed by atoms with Gasteiger partial charge in [-0.1, -0.05) is 23.7 Å². The van der Waals surface area contributed by atoms with Crippen molar-refractivity contribution in [2.75, 3.05) is 5.32 Å². The molecule has 0 aliphatic carbocycles. The Kier molecular flexibility index (Phi) is 5.15. The summed E-state index contributed by atoms with van der Waals surface area (Å²) >= 11 is 5.99. The van der Waals surface area contributed by atoms with Gasteiger partial charge in [0.15, 0.2) is 6.20 Å². The quantitative estimate of drug-likeness (QED) is 0.331. The summed E-state index contributed by atoms with van der Waals surface area (Å²) in [5.74, 6) is -0.875. The molecule has 1 heterocycles. The van der Waals surface area contributed by atoms with Crippen LogP contribution in [0.3, 0.4) is 0 Å². The molecule has 0 spiro atoms. The van der Waals surface area contributed by atoms with Crippen molar-refractivity contribution < 1.29 is 19.1 Å². The van der Waals surface area contributed by atoms with Crippen LogP contribution < -0.4 is 14.8 Å². The van der Waals surface area contributed by atoms with Crippen LogP contribution in [0.1, 0.15) is 20.8 Å². The Balaban J connectivity index is 1.67. The van der Waals surface area contributed by atoms with E-state index < -0.39 is 5.97 Å². The molecule has 26 heavy (non-hydrogen) atoms. The minimum atomic E-state index is -0.770. The highest BCUT2D eigenvalue weighted by Gasteiger charge is 2.17. The number of aromatic nitrogens is 1. The SMILES string of the molecule is O=C(Nc1ccc(OC(=O)c2cccc[n+]2[O-])cc1)c1ccccc1Cl. The van der Waals surface area contributed by atoms with Crippen molar-refractivity contribution in [1.82, 2.24) is 0 Å². The van der Waals surface area contributed by atoms with Crippen molar-refractivity contribution >= 4 is 29.2 Å². The first kappa shape index (κ1) is 17.4. The first-order chi connectivity index (χ1) is 12.5. The largest absolute Gasteiger partial charge is 0.618 e. The number of pyridine rings is 1. The normalized spacial score (nSPS) is 10.2. The van der Waals surface area contributed by atoms with Crippen LogP contribution in [-0.2, 0) is 0 Å². The van der Waals surface area contributed by atoms with Gasteiger partial charge in [-0.15, -0.1) is 0 Å². The number of amides is 1. The van der Waals surface area contributed by atoms with Crippen LogP contribution in [0.2, 0.25) is 5.02 Å². The Labute approximate surface area is 154 Å². The van der Waals surface area contributed by atoms with Crippen LogP contribution in [0.4, 0.5) is 5.69 Å². The molecule has 0 aliphatic rings. The van der Waals surface area contributed by atoms with Crippen molar-refractivity contribution in [3.8, 4) is 5.75 Å². The second kappa shape index (κ2) is 7.67.